The number of hydrogen-bond donors (Lipinski definition) is 2. The van der Waals surface area contributed by atoms with Crippen molar-refractivity contribution in [3.63, 3.8) is 0 Å². The number of rotatable bonds is 10. The van der Waals surface area contributed by atoms with Gasteiger partial charge in [0.25, 0.3) is 11.7 Å². The third-order valence-electron chi connectivity index (χ3n) is 5.22. The number of carbonyl (C=O) groups excluding carboxylic acids is 2. The molecule has 0 saturated carbocycles. The molecule has 0 fully saturated rings. The minimum absolute atomic E-state index is 0.251. The van der Waals surface area contributed by atoms with Crippen LogP contribution in [0.4, 0.5) is 25.8 Å². The predicted molar refractivity (Wildman–Crippen MR) is 132 cm³/mol. The van der Waals surface area contributed by atoms with Gasteiger partial charge in [0.2, 0.25) is 0 Å². The Morgan fingerprint density at radius 2 is 1.59 bits per heavy atom. The highest BCUT2D eigenvalue weighted by Crippen LogP contribution is 2.28. The lowest BCUT2D eigenvalue weighted by molar-refractivity contribution is -0.119. The van der Waals surface area contributed by atoms with E-state index in [0.29, 0.717) is 33.7 Å². The quantitative estimate of drug-likeness (QED) is 0.238. The van der Waals surface area contributed by atoms with Crippen LogP contribution in [0.3, 0.4) is 0 Å². The van der Waals surface area contributed by atoms with Crippen LogP contribution in [0.1, 0.15) is 42.1 Å². The Labute approximate surface area is 201 Å². The second-order valence-electron chi connectivity index (χ2n) is 7.59. The Kier molecular flexibility index (Phi) is 9.04. The maximum absolute atomic E-state index is 12.7. The molecule has 0 aliphatic heterocycles. The Bertz CT molecular complexity index is 1120. The average molecular weight is 485 g/mol. The number of benzene rings is 3. The second-order valence-corrected chi connectivity index (χ2v) is 8.66. The van der Waals surface area contributed by atoms with E-state index in [0.717, 1.165) is 12.0 Å². The molecule has 3 rings (SSSR count). The lowest BCUT2D eigenvalue weighted by atomic mass is 9.97. The van der Waals surface area contributed by atoms with Gasteiger partial charge in [0.15, 0.2) is 6.61 Å². The summed E-state index contributed by atoms with van der Waals surface area (Å²) in [5.41, 5.74) is 3.08. The first-order chi connectivity index (χ1) is 16.4. The Balaban J connectivity index is 1.62. The number of carbonyl (C=O) groups is 2. The van der Waals surface area contributed by atoms with Gasteiger partial charge in [0, 0.05) is 16.3 Å². The fraction of sp³-hybridized carbons (Fsp3) is 0.231. The van der Waals surface area contributed by atoms with Gasteiger partial charge >= 0.3 is 5.97 Å². The number of halogens is 2. The summed E-state index contributed by atoms with van der Waals surface area (Å²) < 4.78 is 30.3. The van der Waals surface area contributed by atoms with E-state index < -0.39 is 24.2 Å². The molecule has 3 aromatic rings. The van der Waals surface area contributed by atoms with Crippen molar-refractivity contribution in [1.29, 1.82) is 0 Å². The smallest absolute Gasteiger partial charge is 0.340 e. The zero-order valence-electron chi connectivity index (χ0n) is 18.9. The van der Waals surface area contributed by atoms with E-state index >= 15 is 0 Å². The van der Waals surface area contributed by atoms with Crippen LogP contribution in [0, 0.1) is 0 Å². The standard InChI is InChI=1S/C26H26F2N2O3S/c1-3-17(2)20-8-4-6-10-22(20)30-24(31)16-33-25(32)21-9-5-7-11-23(21)29-18-12-14-19(15-13-18)34-26(27)28/h4-15,17,26,29H,3,16H2,1-2H3,(H,30,31)/t17-/m0/s1. The molecule has 0 aliphatic rings. The topological polar surface area (TPSA) is 67.4 Å². The van der Waals surface area contributed by atoms with Gasteiger partial charge in [-0.3, -0.25) is 4.79 Å². The molecule has 178 valence electrons. The van der Waals surface area contributed by atoms with Crippen LogP contribution in [0.25, 0.3) is 0 Å². The van der Waals surface area contributed by atoms with Crippen molar-refractivity contribution in [2.24, 2.45) is 0 Å². The number of anilines is 3. The molecule has 0 bridgehead atoms. The van der Waals surface area contributed by atoms with Gasteiger partial charge in [-0.1, -0.05) is 55.9 Å². The van der Waals surface area contributed by atoms with Crippen LogP contribution < -0.4 is 10.6 Å². The summed E-state index contributed by atoms with van der Waals surface area (Å²) in [5.74, 6) is -3.30. The summed E-state index contributed by atoms with van der Waals surface area (Å²) in [6.07, 6.45) is 0.930. The molecule has 3 aromatic carbocycles. The Morgan fingerprint density at radius 3 is 2.26 bits per heavy atom. The van der Waals surface area contributed by atoms with Gasteiger partial charge in [-0.15, -0.1) is 0 Å². The first-order valence-electron chi connectivity index (χ1n) is 10.8. The first-order valence-corrected chi connectivity index (χ1v) is 11.7. The predicted octanol–water partition coefficient (Wildman–Crippen LogP) is 7.05. The minimum Gasteiger partial charge on any atom is -0.452 e. The molecule has 2 N–H and O–H groups in total. The van der Waals surface area contributed by atoms with Crippen LogP contribution in [-0.2, 0) is 9.53 Å². The number of thioether (sulfide) groups is 1. The summed E-state index contributed by atoms with van der Waals surface area (Å²) in [6, 6.07) is 20.7. The van der Waals surface area contributed by atoms with Gasteiger partial charge in [0.1, 0.15) is 0 Å². The molecule has 5 nitrogen and oxygen atoms in total. The monoisotopic (exact) mass is 484 g/mol. The Morgan fingerprint density at radius 1 is 0.941 bits per heavy atom. The fourth-order valence-corrected chi connectivity index (χ4v) is 3.80. The number of nitrogens with one attached hydrogen (secondary N) is 2. The van der Waals surface area contributed by atoms with Crippen LogP contribution in [-0.4, -0.2) is 24.2 Å². The Hall–Kier alpha value is -3.39. The molecule has 0 aromatic heterocycles. The number of ether oxygens (including phenoxy) is 1. The first kappa shape index (κ1) is 25.2. The molecule has 0 unspecified atom stereocenters. The van der Waals surface area contributed by atoms with Gasteiger partial charge in [-0.05, 0) is 60.4 Å². The summed E-state index contributed by atoms with van der Waals surface area (Å²) in [5, 5.41) is 5.91. The van der Waals surface area contributed by atoms with Crippen molar-refractivity contribution < 1.29 is 23.1 Å². The number of amides is 1. The summed E-state index contributed by atoms with van der Waals surface area (Å²) >= 11 is 0.462. The third-order valence-corrected chi connectivity index (χ3v) is 5.94. The second kappa shape index (κ2) is 12.2. The highest BCUT2D eigenvalue weighted by atomic mass is 32.2. The van der Waals surface area contributed by atoms with E-state index in [1.165, 1.54) is 0 Å². The molecular weight excluding hydrogens is 458 g/mol. The van der Waals surface area contributed by atoms with E-state index in [-0.39, 0.29) is 11.5 Å². The van der Waals surface area contributed by atoms with Crippen molar-refractivity contribution in [1.82, 2.24) is 0 Å². The largest absolute Gasteiger partial charge is 0.452 e. The lowest BCUT2D eigenvalue weighted by Crippen LogP contribution is -2.22. The number of esters is 1. The summed E-state index contributed by atoms with van der Waals surface area (Å²) in [4.78, 5) is 25.6. The molecule has 8 heteroatoms. The molecule has 0 aliphatic carbocycles. The van der Waals surface area contributed by atoms with Gasteiger partial charge < -0.3 is 15.4 Å². The lowest BCUT2D eigenvalue weighted by Gasteiger charge is -2.16. The zero-order valence-corrected chi connectivity index (χ0v) is 19.7. The molecule has 1 atom stereocenters. The van der Waals surface area contributed by atoms with Crippen molar-refractivity contribution in [2.75, 3.05) is 17.2 Å². The summed E-state index contributed by atoms with van der Waals surface area (Å²) in [7, 11) is 0. The van der Waals surface area contributed by atoms with Crippen molar-refractivity contribution in [2.45, 2.75) is 36.8 Å². The van der Waals surface area contributed by atoms with E-state index in [9.17, 15) is 18.4 Å². The van der Waals surface area contributed by atoms with Gasteiger partial charge in [-0.25, -0.2) is 4.79 Å². The molecule has 0 radical (unpaired) electrons. The van der Waals surface area contributed by atoms with Crippen LogP contribution in [0.15, 0.2) is 77.7 Å². The maximum Gasteiger partial charge on any atom is 0.340 e. The molecule has 34 heavy (non-hydrogen) atoms. The average Bonchev–Trinajstić information content (AvgIpc) is 2.83. The highest BCUT2D eigenvalue weighted by molar-refractivity contribution is 7.99. The molecule has 1 amide bonds. The normalized spacial score (nSPS) is 11.7. The van der Waals surface area contributed by atoms with E-state index in [1.54, 1.807) is 48.5 Å². The SMILES string of the molecule is CC[C@H](C)c1ccccc1NC(=O)COC(=O)c1ccccc1Nc1ccc(SC(F)F)cc1. The van der Waals surface area contributed by atoms with Crippen LogP contribution in [0.2, 0.25) is 0 Å². The van der Waals surface area contributed by atoms with E-state index in [4.69, 9.17) is 4.74 Å². The zero-order chi connectivity index (χ0) is 24.5. The van der Waals surface area contributed by atoms with Crippen LogP contribution in [0.5, 0.6) is 0 Å². The van der Waals surface area contributed by atoms with Crippen molar-refractivity contribution in [3.05, 3.63) is 83.9 Å². The third kappa shape index (κ3) is 7.05. The van der Waals surface area contributed by atoms with Gasteiger partial charge in [-0.2, -0.15) is 8.78 Å². The van der Waals surface area contributed by atoms with Gasteiger partial charge in [0.05, 0.1) is 11.3 Å². The highest BCUT2D eigenvalue weighted by Gasteiger charge is 2.16. The minimum atomic E-state index is -2.49. The number of alkyl halides is 2. The fourth-order valence-electron chi connectivity index (χ4n) is 3.30. The van der Waals surface area contributed by atoms with Crippen molar-refractivity contribution in [3.8, 4) is 0 Å². The molecule has 0 heterocycles. The van der Waals surface area contributed by atoms with Crippen LogP contribution >= 0.6 is 11.8 Å². The molecule has 0 spiro atoms. The van der Waals surface area contributed by atoms with E-state index in [2.05, 4.69) is 24.5 Å². The molecular formula is C26H26F2N2O3S. The number of para-hydroxylation sites is 2. The molecule has 0 saturated heterocycles. The van der Waals surface area contributed by atoms with Crippen molar-refractivity contribution >= 4 is 40.7 Å². The van der Waals surface area contributed by atoms with E-state index in [1.807, 2.05) is 24.3 Å². The maximum atomic E-state index is 12.7. The number of hydrogen-bond acceptors (Lipinski definition) is 5. The summed E-state index contributed by atoms with van der Waals surface area (Å²) in [6.45, 7) is 3.73.